The topological polar surface area (TPSA) is 85.7 Å². The number of fused-ring (bicyclic) bond motifs is 4. The molecular weight excluding hydrogens is 330 g/mol. The Morgan fingerprint density at radius 3 is 2.92 bits per heavy atom. The number of likely N-dealkylation sites (N-methyl/N-ethyl adjacent to an activating group) is 1. The van der Waals surface area contributed by atoms with Gasteiger partial charge >= 0.3 is 5.97 Å². The molecule has 3 aromatic rings. The van der Waals surface area contributed by atoms with Crippen molar-refractivity contribution in [2.24, 2.45) is 12.0 Å². The summed E-state index contributed by atoms with van der Waals surface area (Å²) in [5.41, 5.74) is 8.60. The van der Waals surface area contributed by atoms with E-state index in [1.807, 2.05) is 48.3 Å². The fourth-order valence-electron chi connectivity index (χ4n) is 3.85. The lowest BCUT2D eigenvalue weighted by Crippen LogP contribution is -2.29. The van der Waals surface area contributed by atoms with Gasteiger partial charge in [-0.05, 0) is 24.3 Å². The van der Waals surface area contributed by atoms with E-state index in [0.29, 0.717) is 0 Å². The summed E-state index contributed by atoms with van der Waals surface area (Å²) in [6.45, 7) is 0. The number of rotatable bonds is 2. The number of carboxylic acids is 1. The Balaban J connectivity index is 1.69. The molecule has 0 radical (unpaired) electrons. The second-order valence-electron chi connectivity index (χ2n) is 6.72. The Morgan fingerprint density at radius 2 is 2.12 bits per heavy atom. The third-order valence-electron chi connectivity index (χ3n) is 5.13. The van der Waals surface area contributed by atoms with E-state index in [1.165, 1.54) is 0 Å². The average Bonchev–Trinajstić information content (AvgIpc) is 3.30. The molecule has 2 aliphatic heterocycles. The molecule has 130 valence electrons. The molecule has 0 fully saturated rings. The molecule has 2 aromatic heterocycles. The number of aryl methyl sites for hydroxylation is 1. The van der Waals surface area contributed by atoms with Gasteiger partial charge in [0.15, 0.2) is 0 Å². The van der Waals surface area contributed by atoms with Crippen molar-refractivity contribution in [3.63, 3.8) is 0 Å². The molecule has 4 heterocycles. The summed E-state index contributed by atoms with van der Waals surface area (Å²) in [7, 11) is 3.96. The van der Waals surface area contributed by atoms with Crippen molar-refractivity contribution in [2.45, 2.75) is 6.04 Å². The smallest absolute Gasteiger partial charge is 0.335 e. The van der Waals surface area contributed by atoms with Crippen LogP contribution in [0.3, 0.4) is 0 Å². The maximum Gasteiger partial charge on any atom is 0.335 e. The lowest BCUT2D eigenvalue weighted by molar-refractivity contribution is 0.0697. The van der Waals surface area contributed by atoms with E-state index >= 15 is 0 Å². The SMILES string of the molecule is CN1NC=C2C=Nc3[nH]c(-c4cn(C)c5ccc(C(=O)O)cc45)cc3C21. The zero-order valence-corrected chi connectivity index (χ0v) is 14.3. The van der Waals surface area contributed by atoms with Gasteiger partial charge in [-0.15, -0.1) is 0 Å². The molecule has 1 atom stereocenters. The van der Waals surface area contributed by atoms with Crippen LogP contribution in [0.15, 0.2) is 47.2 Å². The van der Waals surface area contributed by atoms with Gasteiger partial charge in [0, 0.05) is 66.0 Å². The van der Waals surface area contributed by atoms with Crippen molar-refractivity contribution in [1.82, 2.24) is 20.0 Å². The minimum atomic E-state index is -0.925. The molecular formula is C19H17N5O2. The molecule has 1 aromatic carbocycles. The lowest BCUT2D eigenvalue weighted by Gasteiger charge is -2.23. The van der Waals surface area contributed by atoms with Gasteiger partial charge in [-0.3, -0.25) is 0 Å². The maximum atomic E-state index is 11.4. The van der Waals surface area contributed by atoms with Crippen LogP contribution in [0.1, 0.15) is 22.0 Å². The zero-order valence-electron chi connectivity index (χ0n) is 14.3. The van der Waals surface area contributed by atoms with E-state index in [0.717, 1.165) is 39.1 Å². The van der Waals surface area contributed by atoms with Gasteiger partial charge in [-0.1, -0.05) is 0 Å². The second-order valence-corrected chi connectivity index (χ2v) is 6.72. The molecule has 0 saturated heterocycles. The number of aromatic carboxylic acids is 1. The predicted octanol–water partition coefficient (Wildman–Crippen LogP) is 2.96. The quantitative estimate of drug-likeness (QED) is 0.665. The van der Waals surface area contributed by atoms with Crippen molar-refractivity contribution in [1.29, 1.82) is 0 Å². The molecule has 5 rings (SSSR count). The van der Waals surface area contributed by atoms with Crippen molar-refractivity contribution in [3.05, 3.63) is 53.4 Å². The molecule has 3 N–H and O–H groups in total. The maximum absolute atomic E-state index is 11.4. The summed E-state index contributed by atoms with van der Waals surface area (Å²) in [5.74, 6) is -0.0883. The summed E-state index contributed by atoms with van der Waals surface area (Å²) in [6, 6.07) is 7.44. The average molecular weight is 347 g/mol. The summed E-state index contributed by atoms with van der Waals surface area (Å²) in [4.78, 5) is 19.3. The summed E-state index contributed by atoms with van der Waals surface area (Å²) < 4.78 is 2.01. The first-order valence-electron chi connectivity index (χ1n) is 8.32. The van der Waals surface area contributed by atoms with Crippen molar-refractivity contribution >= 4 is 28.9 Å². The van der Waals surface area contributed by atoms with Crippen molar-refractivity contribution < 1.29 is 9.90 Å². The highest BCUT2D eigenvalue weighted by Gasteiger charge is 2.32. The molecule has 0 amide bonds. The Labute approximate surface area is 149 Å². The van der Waals surface area contributed by atoms with Crippen LogP contribution in [0.25, 0.3) is 22.2 Å². The Bertz CT molecular complexity index is 1130. The molecule has 7 nitrogen and oxygen atoms in total. The number of nitrogens with zero attached hydrogens (tertiary/aromatic N) is 3. The number of carbonyl (C=O) groups is 1. The standard InChI is InChI=1S/C19H17N5O2/c1-23-9-14(12-5-10(19(25)26)3-4-16(12)23)15-6-13-17-11(8-21-24(17)2)7-20-18(13)22-15/h3-9,17,21-22H,1-2H3,(H,25,26). The summed E-state index contributed by atoms with van der Waals surface area (Å²) in [5, 5.41) is 12.3. The largest absolute Gasteiger partial charge is 0.478 e. The monoisotopic (exact) mass is 347 g/mol. The highest BCUT2D eigenvalue weighted by Crippen LogP contribution is 2.42. The fraction of sp³-hybridized carbons (Fsp3) is 0.158. The van der Waals surface area contributed by atoms with Crippen molar-refractivity contribution in [2.75, 3.05) is 7.05 Å². The van der Waals surface area contributed by atoms with Crippen LogP contribution in [0, 0.1) is 0 Å². The number of carboxylic acid groups (broad SMARTS) is 1. The van der Waals surface area contributed by atoms with E-state index in [1.54, 1.807) is 12.1 Å². The van der Waals surface area contributed by atoms with E-state index in [2.05, 4.69) is 21.5 Å². The number of H-pyrrole nitrogens is 1. The minimum Gasteiger partial charge on any atom is -0.478 e. The summed E-state index contributed by atoms with van der Waals surface area (Å²) >= 11 is 0. The van der Waals surface area contributed by atoms with Crippen LogP contribution in [0.2, 0.25) is 0 Å². The number of nitrogens with one attached hydrogen (secondary N) is 2. The van der Waals surface area contributed by atoms with E-state index in [4.69, 9.17) is 0 Å². The number of aliphatic imine (C=N–C) groups is 1. The van der Waals surface area contributed by atoms with Gasteiger partial charge in [-0.2, -0.15) is 0 Å². The number of hydrogen-bond acceptors (Lipinski definition) is 4. The molecule has 7 heteroatoms. The second kappa shape index (κ2) is 5.09. The van der Waals surface area contributed by atoms with Crippen LogP contribution in [-0.4, -0.2) is 38.9 Å². The molecule has 26 heavy (non-hydrogen) atoms. The van der Waals surface area contributed by atoms with Gasteiger partial charge in [0.25, 0.3) is 0 Å². The first kappa shape index (κ1) is 15.0. The number of hydrogen-bond donors (Lipinski definition) is 3. The molecule has 0 spiro atoms. The van der Waals surface area contributed by atoms with Gasteiger partial charge in [0.2, 0.25) is 0 Å². The first-order valence-corrected chi connectivity index (χ1v) is 8.32. The van der Waals surface area contributed by atoms with Gasteiger partial charge in [0.05, 0.1) is 11.6 Å². The predicted molar refractivity (Wildman–Crippen MR) is 99.5 cm³/mol. The Kier molecular flexibility index (Phi) is 2.93. The third-order valence-corrected chi connectivity index (χ3v) is 5.13. The van der Waals surface area contributed by atoms with Gasteiger partial charge in [0.1, 0.15) is 5.82 Å². The highest BCUT2D eigenvalue weighted by atomic mass is 16.4. The zero-order chi connectivity index (χ0) is 18.0. The number of aromatic amines is 1. The summed E-state index contributed by atoms with van der Waals surface area (Å²) in [6.07, 6.45) is 5.85. The van der Waals surface area contributed by atoms with E-state index < -0.39 is 5.97 Å². The third kappa shape index (κ3) is 1.98. The molecule has 2 aliphatic rings. The molecule has 0 aliphatic carbocycles. The van der Waals surface area contributed by atoms with Crippen LogP contribution in [0.4, 0.5) is 5.82 Å². The van der Waals surface area contributed by atoms with Crippen LogP contribution >= 0.6 is 0 Å². The number of aromatic nitrogens is 2. The van der Waals surface area contributed by atoms with Gasteiger partial charge in [-0.25, -0.2) is 14.8 Å². The van der Waals surface area contributed by atoms with Crippen molar-refractivity contribution in [3.8, 4) is 11.3 Å². The minimum absolute atomic E-state index is 0.122. The van der Waals surface area contributed by atoms with E-state index in [-0.39, 0.29) is 11.6 Å². The van der Waals surface area contributed by atoms with Crippen LogP contribution in [-0.2, 0) is 7.05 Å². The van der Waals surface area contributed by atoms with E-state index in [9.17, 15) is 9.90 Å². The molecule has 0 bridgehead atoms. The number of benzene rings is 1. The normalized spacial score (nSPS) is 18.5. The van der Waals surface area contributed by atoms with Crippen LogP contribution in [0.5, 0.6) is 0 Å². The van der Waals surface area contributed by atoms with Crippen LogP contribution < -0.4 is 5.43 Å². The molecule has 0 saturated carbocycles. The molecule has 1 unspecified atom stereocenters. The lowest BCUT2D eigenvalue weighted by atomic mass is 9.99. The fourth-order valence-corrected chi connectivity index (χ4v) is 3.85. The van der Waals surface area contributed by atoms with Gasteiger partial charge < -0.3 is 20.1 Å². The first-order chi connectivity index (χ1) is 12.5. The Morgan fingerprint density at radius 1 is 1.27 bits per heavy atom. The number of hydrazine groups is 1. The Hall–Kier alpha value is -3.32. The highest BCUT2D eigenvalue weighted by molar-refractivity contribution is 6.01.